The van der Waals surface area contributed by atoms with Crippen molar-refractivity contribution in [2.75, 3.05) is 5.32 Å². The van der Waals surface area contributed by atoms with Crippen molar-refractivity contribution in [3.8, 4) is 0 Å². The lowest BCUT2D eigenvalue weighted by Crippen LogP contribution is -2.49. The lowest BCUT2D eigenvalue weighted by molar-refractivity contribution is 0.0191. The first-order valence-corrected chi connectivity index (χ1v) is 6.43. The van der Waals surface area contributed by atoms with Gasteiger partial charge in [-0.15, -0.1) is 0 Å². The molecule has 0 bridgehead atoms. The second-order valence-electron chi connectivity index (χ2n) is 4.96. The summed E-state index contributed by atoms with van der Waals surface area (Å²) in [5.74, 6) is 1.01. The van der Waals surface area contributed by atoms with Crippen LogP contribution in [0, 0.1) is 5.41 Å². The molecular formula is C12H15BrN2. The number of rotatable bonds is 2. The Morgan fingerprint density at radius 1 is 1.33 bits per heavy atom. The third-order valence-corrected chi connectivity index (χ3v) is 4.32. The Kier molecular flexibility index (Phi) is 2.23. The molecule has 15 heavy (non-hydrogen) atoms. The van der Waals surface area contributed by atoms with Crippen LogP contribution in [-0.4, -0.2) is 11.0 Å². The minimum absolute atomic E-state index is 0.666. The largest absolute Gasteiger partial charge is 0.367 e. The van der Waals surface area contributed by atoms with Crippen LogP contribution >= 0.6 is 15.9 Å². The van der Waals surface area contributed by atoms with E-state index in [4.69, 9.17) is 0 Å². The molecule has 0 aromatic carbocycles. The van der Waals surface area contributed by atoms with Crippen molar-refractivity contribution >= 4 is 21.7 Å². The number of nitrogens with one attached hydrogen (secondary N) is 1. The molecule has 1 aromatic rings. The zero-order valence-electron chi connectivity index (χ0n) is 8.67. The number of hydrogen-bond acceptors (Lipinski definition) is 2. The van der Waals surface area contributed by atoms with Gasteiger partial charge in [-0.25, -0.2) is 4.98 Å². The molecule has 0 saturated heterocycles. The Labute approximate surface area is 98.6 Å². The highest BCUT2D eigenvalue weighted by atomic mass is 79.9. The maximum Gasteiger partial charge on any atom is 0.126 e. The van der Waals surface area contributed by atoms with Crippen molar-refractivity contribution in [3.05, 3.63) is 22.8 Å². The fraction of sp³-hybridized carbons (Fsp3) is 0.583. The van der Waals surface area contributed by atoms with Crippen LogP contribution in [0.4, 0.5) is 5.82 Å². The van der Waals surface area contributed by atoms with E-state index in [1.54, 1.807) is 0 Å². The monoisotopic (exact) mass is 266 g/mol. The Bertz CT molecular complexity index is 348. The third kappa shape index (κ3) is 1.78. The molecule has 2 saturated carbocycles. The van der Waals surface area contributed by atoms with Crippen LogP contribution < -0.4 is 5.32 Å². The Morgan fingerprint density at radius 2 is 2.13 bits per heavy atom. The van der Waals surface area contributed by atoms with Crippen molar-refractivity contribution in [3.63, 3.8) is 0 Å². The smallest absolute Gasteiger partial charge is 0.126 e. The number of nitrogens with zero attached hydrogens (tertiary/aromatic N) is 1. The predicted molar refractivity (Wildman–Crippen MR) is 64.9 cm³/mol. The summed E-state index contributed by atoms with van der Waals surface area (Å²) in [5, 5.41) is 3.50. The van der Waals surface area contributed by atoms with E-state index in [-0.39, 0.29) is 0 Å². The molecule has 1 spiro atoms. The molecule has 0 aliphatic heterocycles. The molecule has 0 amide bonds. The number of halogens is 1. The molecule has 0 unspecified atom stereocenters. The van der Waals surface area contributed by atoms with E-state index in [0.717, 1.165) is 15.7 Å². The molecule has 2 nitrogen and oxygen atoms in total. The van der Waals surface area contributed by atoms with Gasteiger partial charge in [-0.2, -0.15) is 0 Å². The van der Waals surface area contributed by atoms with E-state index in [2.05, 4.69) is 26.2 Å². The molecule has 2 aliphatic rings. The molecule has 0 atom stereocenters. The average molecular weight is 267 g/mol. The summed E-state index contributed by atoms with van der Waals surface area (Å²) in [5.41, 5.74) is 0.743. The summed E-state index contributed by atoms with van der Waals surface area (Å²) in [6.45, 7) is 0. The van der Waals surface area contributed by atoms with E-state index in [0.29, 0.717) is 6.04 Å². The molecule has 3 rings (SSSR count). The first-order chi connectivity index (χ1) is 7.26. The van der Waals surface area contributed by atoms with Gasteiger partial charge < -0.3 is 5.32 Å². The lowest BCUT2D eigenvalue weighted by atomic mass is 9.54. The van der Waals surface area contributed by atoms with Crippen LogP contribution in [0.25, 0.3) is 0 Å². The van der Waals surface area contributed by atoms with Crippen LogP contribution in [-0.2, 0) is 0 Å². The fourth-order valence-corrected chi connectivity index (χ4v) is 3.08. The highest BCUT2D eigenvalue weighted by molar-refractivity contribution is 9.10. The molecule has 1 N–H and O–H groups in total. The van der Waals surface area contributed by atoms with E-state index >= 15 is 0 Å². The number of anilines is 1. The maximum atomic E-state index is 4.33. The second-order valence-corrected chi connectivity index (χ2v) is 5.88. The summed E-state index contributed by atoms with van der Waals surface area (Å²) in [4.78, 5) is 4.33. The highest BCUT2D eigenvalue weighted by Gasteiger charge is 2.47. The molecular weight excluding hydrogens is 252 g/mol. The second kappa shape index (κ2) is 3.48. The molecule has 3 heteroatoms. The van der Waals surface area contributed by atoms with Gasteiger partial charge >= 0.3 is 0 Å². The SMILES string of the molecule is Brc1ccc(NC2CC3(CCC3)C2)nc1. The van der Waals surface area contributed by atoms with Gasteiger partial charge in [0.2, 0.25) is 0 Å². The van der Waals surface area contributed by atoms with Gasteiger partial charge in [-0.05, 0) is 59.2 Å². The molecule has 2 aliphatic carbocycles. The van der Waals surface area contributed by atoms with Crippen molar-refractivity contribution < 1.29 is 0 Å². The van der Waals surface area contributed by atoms with Crippen molar-refractivity contribution in [2.45, 2.75) is 38.1 Å². The molecule has 2 fully saturated rings. The van der Waals surface area contributed by atoms with Gasteiger partial charge in [-0.3, -0.25) is 0 Å². The first kappa shape index (κ1) is 9.64. The number of aromatic nitrogens is 1. The molecule has 80 valence electrons. The third-order valence-electron chi connectivity index (χ3n) is 3.85. The Balaban J connectivity index is 1.56. The zero-order chi connectivity index (χ0) is 10.3. The van der Waals surface area contributed by atoms with E-state index in [1.165, 1.54) is 32.1 Å². The Hall–Kier alpha value is -0.570. The van der Waals surface area contributed by atoms with Crippen LogP contribution in [0.15, 0.2) is 22.8 Å². The van der Waals surface area contributed by atoms with Crippen molar-refractivity contribution in [1.82, 2.24) is 4.98 Å². The summed E-state index contributed by atoms with van der Waals surface area (Å²) in [6, 6.07) is 4.74. The van der Waals surface area contributed by atoms with Gasteiger partial charge in [0.25, 0.3) is 0 Å². The van der Waals surface area contributed by atoms with Gasteiger partial charge in [0.15, 0.2) is 0 Å². The van der Waals surface area contributed by atoms with Gasteiger partial charge in [-0.1, -0.05) is 6.42 Å². The zero-order valence-corrected chi connectivity index (χ0v) is 10.3. The van der Waals surface area contributed by atoms with Gasteiger partial charge in [0, 0.05) is 16.7 Å². The topological polar surface area (TPSA) is 24.9 Å². The molecule has 0 radical (unpaired) electrons. The number of hydrogen-bond donors (Lipinski definition) is 1. The minimum atomic E-state index is 0.666. The fourth-order valence-electron chi connectivity index (χ4n) is 2.84. The standard InChI is InChI=1S/C12H15BrN2/c13-9-2-3-11(14-8-9)15-10-6-12(7-10)4-1-5-12/h2-3,8,10H,1,4-7H2,(H,14,15). The van der Waals surface area contributed by atoms with Crippen LogP contribution in [0.1, 0.15) is 32.1 Å². The van der Waals surface area contributed by atoms with E-state index in [1.807, 2.05) is 18.3 Å². The van der Waals surface area contributed by atoms with Gasteiger partial charge in [0.1, 0.15) is 5.82 Å². The molecule has 1 aromatic heterocycles. The van der Waals surface area contributed by atoms with Crippen LogP contribution in [0.5, 0.6) is 0 Å². The maximum absolute atomic E-state index is 4.33. The van der Waals surface area contributed by atoms with Crippen molar-refractivity contribution in [2.24, 2.45) is 5.41 Å². The minimum Gasteiger partial charge on any atom is -0.367 e. The summed E-state index contributed by atoms with van der Waals surface area (Å²) in [6.07, 6.45) is 8.91. The van der Waals surface area contributed by atoms with Gasteiger partial charge in [0.05, 0.1) is 0 Å². The lowest BCUT2D eigenvalue weighted by Gasteiger charge is -2.54. The summed E-state index contributed by atoms with van der Waals surface area (Å²) < 4.78 is 1.04. The Morgan fingerprint density at radius 3 is 2.67 bits per heavy atom. The van der Waals surface area contributed by atoms with Crippen LogP contribution in [0.2, 0.25) is 0 Å². The van der Waals surface area contributed by atoms with E-state index in [9.17, 15) is 0 Å². The number of pyridine rings is 1. The summed E-state index contributed by atoms with van der Waals surface area (Å²) >= 11 is 3.39. The normalized spacial score (nSPS) is 23.3. The predicted octanol–water partition coefficient (Wildman–Crippen LogP) is 3.59. The quantitative estimate of drug-likeness (QED) is 0.885. The van der Waals surface area contributed by atoms with Crippen LogP contribution in [0.3, 0.4) is 0 Å². The first-order valence-electron chi connectivity index (χ1n) is 5.64. The van der Waals surface area contributed by atoms with E-state index < -0.39 is 0 Å². The highest BCUT2D eigenvalue weighted by Crippen LogP contribution is 2.56. The van der Waals surface area contributed by atoms with Crippen molar-refractivity contribution in [1.29, 1.82) is 0 Å². The summed E-state index contributed by atoms with van der Waals surface area (Å²) in [7, 11) is 0. The average Bonchev–Trinajstić information content (AvgIpc) is 2.10. The molecule has 1 heterocycles.